The Labute approximate surface area is 227 Å². The van der Waals surface area contributed by atoms with Crippen LogP contribution in [0.4, 0.5) is 10.6 Å². The van der Waals surface area contributed by atoms with Crippen LogP contribution < -0.4 is 10.6 Å². The molecule has 0 aliphatic carbocycles. The Morgan fingerprint density at radius 3 is 2.18 bits per heavy atom. The van der Waals surface area contributed by atoms with Gasteiger partial charge in [-0.2, -0.15) is 0 Å². The Morgan fingerprint density at radius 2 is 1.49 bits per heavy atom. The van der Waals surface area contributed by atoms with Crippen LogP contribution in [0.25, 0.3) is 33.4 Å². The first-order valence-electron chi connectivity index (χ1n) is 12.8. The van der Waals surface area contributed by atoms with Crippen molar-refractivity contribution in [1.82, 2.24) is 25.3 Å². The lowest BCUT2D eigenvalue weighted by Crippen LogP contribution is -2.32. The lowest BCUT2D eigenvalue weighted by Gasteiger charge is -2.19. The fourth-order valence-electron chi connectivity index (χ4n) is 4.16. The van der Waals surface area contributed by atoms with Gasteiger partial charge in [0.2, 0.25) is 0 Å². The number of carbonyl (C=O) groups excluding carboxylic acids is 1. The normalized spacial score (nSPS) is 11.3. The zero-order chi connectivity index (χ0) is 27.2. The van der Waals surface area contributed by atoms with E-state index in [1.807, 2.05) is 75.4 Å². The second-order valence-electron chi connectivity index (χ2n) is 10.1. The molecular formula is C31H30N6O2. The molecule has 0 bridgehead atoms. The van der Waals surface area contributed by atoms with Gasteiger partial charge in [0, 0.05) is 25.5 Å². The van der Waals surface area contributed by atoms with Gasteiger partial charge in [0.25, 0.3) is 0 Å². The summed E-state index contributed by atoms with van der Waals surface area (Å²) in [6.45, 7) is 6.47. The van der Waals surface area contributed by atoms with Gasteiger partial charge in [-0.1, -0.05) is 66.7 Å². The van der Waals surface area contributed by atoms with Crippen LogP contribution in [0.5, 0.6) is 0 Å². The molecule has 1 amide bonds. The van der Waals surface area contributed by atoms with Crippen LogP contribution in [-0.4, -0.2) is 31.6 Å². The highest BCUT2D eigenvalue weighted by atomic mass is 16.6. The van der Waals surface area contributed by atoms with Crippen molar-refractivity contribution in [3.05, 3.63) is 103 Å². The van der Waals surface area contributed by atoms with Crippen molar-refractivity contribution in [2.45, 2.75) is 39.5 Å². The second kappa shape index (κ2) is 11.3. The van der Waals surface area contributed by atoms with Crippen molar-refractivity contribution in [1.29, 1.82) is 0 Å². The van der Waals surface area contributed by atoms with E-state index < -0.39 is 11.7 Å². The van der Waals surface area contributed by atoms with E-state index in [4.69, 9.17) is 14.7 Å². The molecule has 0 spiro atoms. The minimum atomic E-state index is -0.529. The number of hydrogen-bond acceptors (Lipinski definition) is 7. The van der Waals surface area contributed by atoms with E-state index >= 15 is 0 Å². The topological polar surface area (TPSA) is 102 Å². The standard InChI is InChI=1S/C31H30N6O2/c1-31(2,3)39-30(38)35-17-22-14-12-21(13-15-22)16-34-29-27-25(23-8-5-4-6-9-23)10-7-11-26(27)36-28(37-29)24-18-32-20-33-19-24/h4-15,18-20H,16-17H2,1-3H3,(H,35,38)(H,34,36,37). The van der Waals surface area contributed by atoms with Crippen LogP contribution in [-0.2, 0) is 17.8 Å². The number of fused-ring (bicyclic) bond motifs is 1. The number of rotatable bonds is 7. The molecule has 0 saturated heterocycles. The molecule has 5 rings (SSSR count). The van der Waals surface area contributed by atoms with Gasteiger partial charge in [-0.3, -0.25) is 0 Å². The van der Waals surface area contributed by atoms with E-state index in [-0.39, 0.29) is 0 Å². The fraction of sp³-hybridized carbons (Fsp3) is 0.194. The third kappa shape index (κ3) is 6.54. The summed E-state index contributed by atoms with van der Waals surface area (Å²) in [5.74, 6) is 1.29. The minimum absolute atomic E-state index is 0.391. The van der Waals surface area contributed by atoms with Crippen LogP contribution in [0.3, 0.4) is 0 Å². The third-order valence-corrected chi connectivity index (χ3v) is 5.95. The predicted molar refractivity (Wildman–Crippen MR) is 153 cm³/mol. The van der Waals surface area contributed by atoms with Gasteiger partial charge in [0.05, 0.1) is 16.5 Å². The van der Waals surface area contributed by atoms with Crippen molar-refractivity contribution in [3.8, 4) is 22.5 Å². The quantitative estimate of drug-likeness (QED) is 0.257. The third-order valence-electron chi connectivity index (χ3n) is 5.95. The first-order chi connectivity index (χ1) is 18.9. The van der Waals surface area contributed by atoms with Gasteiger partial charge < -0.3 is 15.4 Å². The zero-order valence-electron chi connectivity index (χ0n) is 22.2. The number of amides is 1. The summed E-state index contributed by atoms with van der Waals surface area (Å²) in [7, 11) is 0. The van der Waals surface area contributed by atoms with Crippen molar-refractivity contribution in [3.63, 3.8) is 0 Å². The maximum atomic E-state index is 12.0. The monoisotopic (exact) mass is 518 g/mol. The molecule has 0 radical (unpaired) electrons. The summed E-state index contributed by atoms with van der Waals surface area (Å²) in [5.41, 5.74) is 5.24. The summed E-state index contributed by atoms with van der Waals surface area (Å²) < 4.78 is 5.31. The molecule has 2 heterocycles. The molecule has 0 fully saturated rings. The fourth-order valence-corrected chi connectivity index (χ4v) is 4.16. The molecule has 0 aliphatic rings. The molecule has 0 saturated carbocycles. The van der Waals surface area contributed by atoms with Crippen LogP contribution in [0.2, 0.25) is 0 Å². The number of aromatic nitrogens is 4. The first kappa shape index (κ1) is 25.8. The van der Waals surface area contributed by atoms with Gasteiger partial charge in [0.1, 0.15) is 17.7 Å². The number of nitrogens with one attached hydrogen (secondary N) is 2. The summed E-state index contributed by atoms with van der Waals surface area (Å²) >= 11 is 0. The van der Waals surface area contributed by atoms with Crippen molar-refractivity contribution in [2.75, 3.05) is 5.32 Å². The van der Waals surface area contributed by atoms with E-state index in [0.717, 1.165) is 44.5 Å². The SMILES string of the molecule is CC(C)(C)OC(=O)NCc1ccc(CNc2nc(-c3cncnc3)nc3cccc(-c4ccccc4)c23)cc1. The van der Waals surface area contributed by atoms with E-state index in [2.05, 4.69) is 38.8 Å². The molecular weight excluding hydrogens is 488 g/mol. The maximum Gasteiger partial charge on any atom is 0.407 e. The van der Waals surface area contributed by atoms with Gasteiger partial charge in [-0.25, -0.2) is 24.7 Å². The van der Waals surface area contributed by atoms with E-state index in [1.54, 1.807) is 12.4 Å². The number of ether oxygens (including phenoxy) is 1. The molecule has 0 atom stereocenters. The van der Waals surface area contributed by atoms with Gasteiger partial charge in [-0.15, -0.1) is 0 Å². The highest BCUT2D eigenvalue weighted by Gasteiger charge is 2.16. The van der Waals surface area contributed by atoms with Crippen LogP contribution >= 0.6 is 0 Å². The Kier molecular flexibility index (Phi) is 7.45. The summed E-state index contributed by atoms with van der Waals surface area (Å²) in [6, 6.07) is 24.4. The minimum Gasteiger partial charge on any atom is -0.444 e. The Bertz CT molecular complexity index is 1570. The molecule has 5 aromatic rings. The summed E-state index contributed by atoms with van der Waals surface area (Å²) in [5, 5.41) is 7.28. The highest BCUT2D eigenvalue weighted by molar-refractivity contribution is 6.02. The van der Waals surface area contributed by atoms with E-state index in [0.29, 0.717) is 18.9 Å². The number of nitrogens with zero attached hydrogens (tertiary/aromatic N) is 4. The predicted octanol–water partition coefficient (Wildman–Crippen LogP) is 6.39. The molecule has 8 heteroatoms. The lowest BCUT2D eigenvalue weighted by atomic mass is 10.0. The highest BCUT2D eigenvalue weighted by Crippen LogP contribution is 2.34. The zero-order valence-corrected chi connectivity index (χ0v) is 22.2. The second-order valence-corrected chi connectivity index (χ2v) is 10.1. The average molecular weight is 519 g/mol. The molecule has 8 nitrogen and oxygen atoms in total. The summed E-state index contributed by atoms with van der Waals surface area (Å²) in [4.78, 5) is 30.0. The number of alkyl carbamates (subject to hydrolysis) is 1. The lowest BCUT2D eigenvalue weighted by molar-refractivity contribution is 0.0523. The largest absolute Gasteiger partial charge is 0.444 e. The Morgan fingerprint density at radius 1 is 0.795 bits per heavy atom. The Hall–Kier alpha value is -4.85. The van der Waals surface area contributed by atoms with Crippen molar-refractivity contribution < 1.29 is 9.53 Å². The van der Waals surface area contributed by atoms with Crippen LogP contribution in [0, 0.1) is 0 Å². The van der Waals surface area contributed by atoms with Crippen molar-refractivity contribution >= 4 is 22.8 Å². The molecule has 2 aromatic heterocycles. The average Bonchev–Trinajstić information content (AvgIpc) is 2.95. The number of hydrogen-bond donors (Lipinski definition) is 2. The molecule has 196 valence electrons. The van der Waals surface area contributed by atoms with Crippen molar-refractivity contribution in [2.24, 2.45) is 0 Å². The number of carbonyl (C=O) groups is 1. The van der Waals surface area contributed by atoms with Gasteiger partial charge in [-0.05, 0) is 49.1 Å². The molecule has 2 N–H and O–H groups in total. The van der Waals surface area contributed by atoms with Gasteiger partial charge >= 0.3 is 6.09 Å². The molecule has 0 aliphatic heterocycles. The first-order valence-corrected chi connectivity index (χ1v) is 12.8. The molecule has 39 heavy (non-hydrogen) atoms. The number of anilines is 1. The molecule has 3 aromatic carbocycles. The van der Waals surface area contributed by atoms with Crippen LogP contribution in [0.15, 0.2) is 91.5 Å². The summed E-state index contributed by atoms with van der Waals surface area (Å²) in [6.07, 6.45) is 4.48. The smallest absolute Gasteiger partial charge is 0.407 e. The molecule has 0 unspecified atom stereocenters. The Balaban J connectivity index is 1.41. The van der Waals surface area contributed by atoms with E-state index in [1.165, 1.54) is 6.33 Å². The van der Waals surface area contributed by atoms with Gasteiger partial charge in [0.15, 0.2) is 5.82 Å². The number of benzene rings is 3. The van der Waals surface area contributed by atoms with Crippen LogP contribution in [0.1, 0.15) is 31.9 Å². The maximum absolute atomic E-state index is 12.0. The van der Waals surface area contributed by atoms with E-state index in [9.17, 15) is 4.79 Å².